The SMILES string of the molecule is Cc1cccc(Br)c1[C@@H](N)C(C)C. The fourth-order valence-corrected chi connectivity index (χ4v) is 2.13. The van der Waals surface area contributed by atoms with Crippen LogP contribution in [0.5, 0.6) is 0 Å². The van der Waals surface area contributed by atoms with E-state index in [9.17, 15) is 0 Å². The highest BCUT2D eigenvalue weighted by molar-refractivity contribution is 9.10. The first kappa shape index (κ1) is 10.7. The second kappa shape index (κ2) is 4.25. The zero-order valence-electron chi connectivity index (χ0n) is 8.34. The maximum Gasteiger partial charge on any atom is 0.0332 e. The molecule has 0 saturated carbocycles. The number of rotatable bonds is 2. The summed E-state index contributed by atoms with van der Waals surface area (Å²) in [5.74, 6) is 0.470. The molecule has 0 saturated heterocycles. The molecule has 0 spiro atoms. The summed E-state index contributed by atoms with van der Waals surface area (Å²) in [5, 5.41) is 0. The average molecular weight is 242 g/mol. The monoisotopic (exact) mass is 241 g/mol. The van der Waals surface area contributed by atoms with Gasteiger partial charge in [0.05, 0.1) is 0 Å². The van der Waals surface area contributed by atoms with Crippen LogP contribution in [0.4, 0.5) is 0 Å². The van der Waals surface area contributed by atoms with E-state index in [0.717, 1.165) is 4.47 Å². The topological polar surface area (TPSA) is 26.0 Å². The Morgan fingerprint density at radius 3 is 2.38 bits per heavy atom. The third-order valence-corrected chi connectivity index (χ3v) is 3.01. The van der Waals surface area contributed by atoms with Crippen LogP contribution in [0.3, 0.4) is 0 Å². The van der Waals surface area contributed by atoms with E-state index in [0.29, 0.717) is 5.92 Å². The van der Waals surface area contributed by atoms with Crippen molar-refractivity contribution in [3.63, 3.8) is 0 Å². The molecule has 0 aliphatic rings. The van der Waals surface area contributed by atoms with Gasteiger partial charge in [0.25, 0.3) is 0 Å². The lowest BCUT2D eigenvalue weighted by atomic mass is 9.94. The Bertz CT molecular complexity index is 274. The second-order valence-corrected chi connectivity index (χ2v) is 4.59. The van der Waals surface area contributed by atoms with E-state index in [1.165, 1.54) is 11.1 Å². The van der Waals surface area contributed by atoms with Crippen molar-refractivity contribution in [3.05, 3.63) is 33.8 Å². The van der Waals surface area contributed by atoms with E-state index >= 15 is 0 Å². The molecule has 0 radical (unpaired) electrons. The third kappa shape index (κ3) is 2.32. The summed E-state index contributed by atoms with van der Waals surface area (Å²) in [5.41, 5.74) is 8.60. The first-order chi connectivity index (χ1) is 6.04. The predicted molar refractivity (Wildman–Crippen MR) is 60.6 cm³/mol. The van der Waals surface area contributed by atoms with Crippen LogP contribution < -0.4 is 5.73 Å². The van der Waals surface area contributed by atoms with Gasteiger partial charge in [0, 0.05) is 10.5 Å². The van der Waals surface area contributed by atoms with Crippen LogP contribution in [-0.2, 0) is 0 Å². The molecule has 1 aromatic rings. The molecule has 0 unspecified atom stereocenters. The van der Waals surface area contributed by atoms with Crippen molar-refractivity contribution < 1.29 is 0 Å². The highest BCUT2D eigenvalue weighted by Gasteiger charge is 2.15. The minimum atomic E-state index is 0.121. The zero-order chi connectivity index (χ0) is 10.0. The standard InChI is InChI=1S/C11H16BrN/c1-7(2)11(13)10-8(3)5-4-6-9(10)12/h4-7,11H,13H2,1-3H3/t11-/m0/s1. The van der Waals surface area contributed by atoms with E-state index in [2.05, 4.69) is 42.8 Å². The molecule has 0 amide bonds. The van der Waals surface area contributed by atoms with Gasteiger partial charge in [-0.1, -0.05) is 41.9 Å². The van der Waals surface area contributed by atoms with Crippen LogP contribution in [0.15, 0.2) is 22.7 Å². The van der Waals surface area contributed by atoms with Crippen LogP contribution in [0.1, 0.15) is 31.0 Å². The van der Waals surface area contributed by atoms with E-state index in [4.69, 9.17) is 5.73 Å². The van der Waals surface area contributed by atoms with Crippen LogP contribution in [0, 0.1) is 12.8 Å². The normalized spacial score (nSPS) is 13.4. The fourth-order valence-electron chi connectivity index (χ4n) is 1.40. The summed E-state index contributed by atoms with van der Waals surface area (Å²) in [6.07, 6.45) is 0. The van der Waals surface area contributed by atoms with Crippen molar-refractivity contribution in [2.75, 3.05) is 0 Å². The predicted octanol–water partition coefficient (Wildman–Crippen LogP) is 3.41. The summed E-state index contributed by atoms with van der Waals surface area (Å²) in [6.45, 7) is 6.38. The van der Waals surface area contributed by atoms with E-state index in [1.54, 1.807) is 0 Å². The number of nitrogens with two attached hydrogens (primary N) is 1. The Kier molecular flexibility index (Phi) is 3.51. The van der Waals surface area contributed by atoms with Gasteiger partial charge in [-0.3, -0.25) is 0 Å². The zero-order valence-corrected chi connectivity index (χ0v) is 9.93. The van der Waals surface area contributed by atoms with Gasteiger partial charge in [0.15, 0.2) is 0 Å². The number of aryl methyl sites for hydroxylation is 1. The lowest BCUT2D eigenvalue weighted by Gasteiger charge is -2.19. The summed E-state index contributed by atoms with van der Waals surface area (Å²) in [6, 6.07) is 6.30. The maximum atomic E-state index is 6.11. The molecule has 1 aromatic carbocycles. The average Bonchev–Trinajstić information content (AvgIpc) is 2.03. The van der Waals surface area contributed by atoms with Crippen molar-refractivity contribution in [1.82, 2.24) is 0 Å². The largest absolute Gasteiger partial charge is 0.324 e. The van der Waals surface area contributed by atoms with Gasteiger partial charge >= 0.3 is 0 Å². The molecule has 2 N–H and O–H groups in total. The molecule has 13 heavy (non-hydrogen) atoms. The molecule has 0 fully saturated rings. The molecular formula is C11H16BrN. The molecule has 1 nitrogen and oxygen atoms in total. The van der Waals surface area contributed by atoms with Crippen LogP contribution >= 0.6 is 15.9 Å². The van der Waals surface area contributed by atoms with Crippen molar-refractivity contribution in [3.8, 4) is 0 Å². The van der Waals surface area contributed by atoms with Gasteiger partial charge in [-0.25, -0.2) is 0 Å². The van der Waals surface area contributed by atoms with Gasteiger partial charge in [0.2, 0.25) is 0 Å². The minimum Gasteiger partial charge on any atom is -0.324 e. The number of halogens is 1. The molecule has 0 heterocycles. The molecule has 1 rings (SSSR count). The Morgan fingerprint density at radius 1 is 1.31 bits per heavy atom. The fraction of sp³-hybridized carbons (Fsp3) is 0.455. The second-order valence-electron chi connectivity index (χ2n) is 3.74. The van der Waals surface area contributed by atoms with Crippen molar-refractivity contribution in [2.45, 2.75) is 26.8 Å². The Morgan fingerprint density at radius 2 is 1.92 bits per heavy atom. The molecule has 72 valence electrons. The molecule has 0 bridgehead atoms. The molecule has 0 aliphatic carbocycles. The summed E-state index contributed by atoms with van der Waals surface area (Å²) >= 11 is 3.54. The van der Waals surface area contributed by atoms with Gasteiger partial charge in [-0.05, 0) is 30.0 Å². The minimum absolute atomic E-state index is 0.121. The third-order valence-electron chi connectivity index (χ3n) is 2.32. The van der Waals surface area contributed by atoms with Crippen LogP contribution in [-0.4, -0.2) is 0 Å². The molecular weight excluding hydrogens is 226 g/mol. The van der Waals surface area contributed by atoms with Crippen molar-refractivity contribution >= 4 is 15.9 Å². The van der Waals surface area contributed by atoms with Crippen molar-refractivity contribution in [2.24, 2.45) is 11.7 Å². The molecule has 0 aliphatic heterocycles. The van der Waals surface area contributed by atoms with Gasteiger partial charge < -0.3 is 5.73 Å². The number of hydrogen-bond donors (Lipinski definition) is 1. The number of hydrogen-bond acceptors (Lipinski definition) is 1. The highest BCUT2D eigenvalue weighted by Crippen LogP contribution is 2.29. The van der Waals surface area contributed by atoms with Gasteiger partial charge in [-0.2, -0.15) is 0 Å². The molecule has 0 aromatic heterocycles. The first-order valence-electron chi connectivity index (χ1n) is 4.54. The van der Waals surface area contributed by atoms with Crippen LogP contribution in [0.25, 0.3) is 0 Å². The quantitative estimate of drug-likeness (QED) is 0.844. The lowest BCUT2D eigenvalue weighted by molar-refractivity contribution is 0.510. The van der Waals surface area contributed by atoms with E-state index in [1.807, 2.05) is 12.1 Å². The summed E-state index contributed by atoms with van der Waals surface area (Å²) in [7, 11) is 0. The van der Waals surface area contributed by atoms with E-state index in [-0.39, 0.29) is 6.04 Å². The molecule has 1 atom stereocenters. The smallest absolute Gasteiger partial charge is 0.0332 e. The Hall–Kier alpha value is -0.340. The summed E-state index contributed by atoms with van der Waals surface area (Å²) in [4.78, 5) is 0. The Labute approximate surface area is 88.5 Å². The number of benzene rings is 1. The van der Waals surface area contributed by atoms with Gasteiger partial charge in [0.1, 0.15) is 0 Å². The Balaban J connectivity index is 3.12. The van der Waals surface area contributed by atoms with Crippen molar-refractivity contribution in [1.29, 1.82) is 0 Å². The maximum absolute atomic E-state index is 6.11. The first-order valence-corrected chi connectivity index (χ1v) is 5.34. The molecule has 2 heteroatoms. The lowest BCUT2D eigenvalue weighted by Crippen LogP contribution is -2.18. The highest BCUT2D eigenvalue weighted by atomic mass is 79.9. The van der Waals surface area contributed by atoms with Crippen LogP contribution in [0.2, 0.25) is 0 Å². The van der Waals surface area contributed by atoms with E-state index < -0.39 is 0 Å². The van der Waals surface area contributed by atoms with Gasteiger partial charge in [-0.15, -0.1) is 0 Å². The summed E-state index contributed by atoms with van der Waals surface area (Å²) < 4.78 is 1.12.